The molecule has 21 heavy (non-hydrogen) atoms. The largest absolute Gasteiger partial charge is 0.316 e. The molecule has 0 bridgehead atoms. The first-order chi connectivity index (χ1) is 10.1. The van der Waals surface area contributed by atoms with Gasteiger partial charge in [0.05, 0.1) is 0 Å². The average Bonchev–Trinajstić information content (AvgIpc) is 2.48. The molecule has 0 aliphatic carbocycles. The Kier molecular flexibility index (Phi) is 6.01. The van der Waals surface area contributed by atoms with Crippen LogP contribution in [0.3, 0.4) is 0 Å². The van der Waals surface area contributed by atoms with Crippen LogP contribution in [0.25, 0.3) is 0 Å². The molecule has 2 heteroatoms. The molecule has 0 aliphatic rings. The lowest BCUT2D eigenvalue weighted by Crippen LogP contribution is -2.23. The molecule has 0 aliphatic heterocycles. The van der Waals surface area contributed by atoms with Gasteiger partial charge in [-0.3, -0.25) is 0 Å². The van der Waals surface area contributed by atoms with Crippen LogP contribution < -0.4 is 5.32 Å². The van der Waals surface area contributed by atoms with Gasteiger partial charge in [0.1, 0.15) is 0 Å². The Balaban J connectivity index is 2.28. The van der Waals surface area contributed by atoms with E-state index in [2.05, 4.69) is 84.5 Å². The second kappa shape index (κ2) is 7.77. The number of hydrogen-bond acceptors (Lipinski definition) is 1. The molecule has 2 rings (SSSR count). The van der Waals surface area contributed by atoms with E-state index in [1.165, 1.54) is 26.7 Å². The first-order valence-electron chi connectivity index (χ1n) is 7.63. The molecule has 0 fully saturated rings. The van der Waals surface area contributed by atoms with Crippen molar-refractivity contribution in [3.05, 3.63) is 69.2 Å². The fraction of sp³-hybridized carbons (Fsp3) is 0.368. The highest BCUT2D eigenvalue weighted by Gasteiger charge is 2.15. The maximum absolute atomic E-state index is 3.71. The Hall–Kier alpha value is -1.12. The van der Waals surface area contributed by atoms with Gasteiger partial charge < -0.3 is 5.32 Å². The molecule has 2 aromatic rings. The third-order valence-electron chi connectivity index (χ3n) is 3.96. The topological polar surface area (TPSA) is 12.0 Å². The predicted octanol–water partition coefficient (Wildman–Crippen LogP) is 5.00. The van der Waals surface area contributed by atoms with Crippen LogP contribution in [-0.4, -0.2) is 13.1 Å². The van der Waals surface area contributed by atoms with Gasteiger partial charge in [-0.15, -0.1) is 0 Å². The van der Waals surface area contributed by atoms with Gasteiger partial charge in [-0.2, -0.15) is 0 Å². The normalized spacial score (nSPS) is 12.4. The molecular formula is C19H24BrN. The number of hydrogen-bond donors (Lipinski definition) is 1. The third kappa shape index (κ3) is 4.42. The van der Waals surface area contributed by atoms with Crippen molar-refractivity contribution in [2.45, 2.75) is 33.1 Å². The minimum atomic E-state index is 0.487. The lowest BCUT2D eigenvalue weighted by atomic mass is 9.89. The van der Waals surface area contributed by atoms with Gasteiger partial charge in [0.25, 0.3) is 0 Å². The summed E-state index contributed by atoms with van der Waals surface area (Å²) in [5, 5.41) is 3.51. The van der Waals surface area contributed by atoms with Crippen molar-refractivity contribution in [2.24, 2.45) is 0 Å². The van der Waals surface area contributed by atoms with Crippen LogP contribution in [-0.2, 0) is 6.42 Å². The highest BCUT2D eigenvalue weighted by Crippen LogP contribution is 2.28. The fourth-order valence-electron chi connectivity index (χ4n) is 2.70. The second-order valence-corrected chi connectivity index (χ2v) is 6.51. The summed E-state index contributed by atoms with van der Waals surface area (Å²) in [7, 11) is 0. The number of halogens is 1. The van der Waals surface area contributed by atoms with E-state index < -0.39 is 0 Å². The van der Waals surface area contributed by atoms with Gasteiger partial charge in [-0.25, -0.2) is 0 Å². The molecule has 0 radical (unpaired) electrons. The Morgan fingerprint density at radius 3 is 2.57 bits per heavy atom. The molecule has 1 nitrogen and oxygen atoms in total. The van der Waals surface area contributed by atoms with E-state index in [4.69, 9.17) is 0 Å². The number of benzene rings is 2. The van der Waals surface area contributed by atoms with Crippen LogP contribution in [0, 0.1) is 13.8 Å². The fourth-order valence-corrected chi connectivity index (χ4v) is 3.31. The van der Waals surface area contributed by atoms with Gasteiger partial charge in [0.2, 0.25) is 0 Å². The monoisotopic (exact) mass is 345 g/mol. The molecule has 0 spiro atoms. The summed E-state index contributed by atoms with van der Waals surface area (Å²) in [6, 6.07) is 15.3. The average molecular weight is 346 g/mol. The molecule has 0 saturated carbocycles. The van der Waals surface area contributed by atoms with E-state index >= 15 is 0 Å². The summed E-state index contributed by atoms with van der Waals surface area (Å²) >= 11 is 3.71. The smallest absolute Gasteiger partial charge is 0.0210 e. The third-order valence-corrected chi connectivity index (χ3v) is 4.68. The molecule has 1 unspecified atom stereocenters. The van der Waals surface area contributed by atoms with Crippen molar-refractivity contribution in [2.75, 3.05) is 13.1 Å². The Bertz CT molecular complexity index is 592. The summed E-state index contributed by atoms with van der Waals surface area (Å²) in [6.07, 6.45) is 1.07. The molecule has 0 amide bonds. The second-order valence-electron chi connectivity index (χ2n) is 5.66. The van der Waals surface area contributed by atoms with E-state index in [0.717, 1.165) is 19.5 Å². The van der Waals surface area contributed by atoms with Gasteiger partial charge in [0.15, 0.2) is 0 Å². The number of rotatable bonds is 6. The molecule has 112 valence electrons. The molecular weight excluding hydrogens is 322 g/mol. The highest BCUT2D eigenvalue weighted by molar-refractivity contribution is 9.10. The summed E-state index contributed by atoms with van der Waals surface area (Å²) in [5.74, 6) is 0.487. The van der Waals surface area contributed by atoms with Crippen LogP contribution in [0.4, 0.5) is 0 Å². The first-order valence-corrected chi connectivity index (χ1v) is 8.42. The lowest BCUT2D eigenvalue weighted by molar-refractivity contribution is 0.592. The minimum absolute atomic E-state index is 0.487. The van der Waals surface area contributed by atoms with E-state index in [1.807, 2.05) is 0 Å². The summed E-state index contributed by atoms with van der Waals surface area (Å²) in [4.78, 5) is 0. The standard InChI is InChI=1S/C19H24BrN/c1-4-21-13-17(18-7-5-6-8-19(18)20)12-16-11-14(2)9-10-15(16)3/h5-11,17,21H,4,12-13H2,1-3H3. The van der Waals surface area contributed by atoms with Gasteiger partial charge >= 0.3 is 0 Å². The lowest BCUT2D eigenvalue weighted by Gasteiger charge is -2.20. The van der Waals surface area contributed by atoms with Crippen molar-refractivity contribution in [1.29, 1.82) is 0 Å². The SMILES string of the molecule is CCNCC(Cc1cc(C)ccc1C)c1ccccc1Br. The molecule has 1 N–H and O–H groups in total. The van der Waals surface area contributed by atoms with Crippen molar-refractivity contribution in [3.63, 3.8) is 0 Å². The van der Waals surface area contributed by atoms with Crippen molar-refractivity contribution in [3.8, 4) is 0 Å². The zero-order chi connectivity index (χ0) is 15.2. The van der Waals surface area contributed by atoms with Crippen LogP contribution in [0.5, 0.6) is 0 Å². The van der Waals surface area contributed by atoms with Crippen molar-refractivity contribution in [1.82, 2.24) is 5.32 Å². The van der Waals surface area contributed by atoms with E-state index in [0.29, 0.717) is 5.92 Å². The number of nitrogens with one attached hydrogen (secondary N) is 1. The predicted molar refractivity (Wildman–Crippen MR) is 95.0 cm³/mol. The molecule has 0 aromatic heterocycles. The van der Waals surface area contributed by atoms with Crippen LogP contribution in [0.2, 0.25) is 0 Å². The minimum Gasteiger partial charge on any atom is -0.316 e. The zero-order valence-corrected chi connectivity index (χ0v) is 14.7. The van der Waals surface area contributed by atoms with E-state index in [-0.39, 0.29) is 0 Å². The van der Waals surface area contributed by atoms with Gasteiger partial charge in [-0.05, 0) is 49.6 Å². The molecule has 0 heterocycles. The Labute approximate surface area is 136 Å². The molecule has 0 saturated heterocycles. The molecule has 2 aromatic carbocycles. The highest BCUT2D eigenvalue weighted by atomic mass is 79.9. The van der Waals surface area contributed by atoms with Crippen molar-refractivity contribution < 1.29 is 0 Å². The van der Waals surface area contributed by atoms with Crippen molar-refractivity contribution >= 4 is 15.9 Å². The Morgan fingerprint density at radius 1 is 1.10 bits per heavy atom. The number of aryl methyl sites for hydroxylation is 2. The quantitative estimate of drug-likeness (QED) is 0.776. The summed E-state index contributed by atoms with van der Waals surface area (Å²) in [5.41, 5.74) is 5.56. The van der Waals surface area contributed by atoms with Crippen LogP contribution in [0.1, 0.15) is 35.1 Å². The van der Waals surface area contributed by atoms with Crippen LogP contribution in [0.15, 0.2) is 46.9 Å². The van der Waals surface area contributed by atoms with Gasteiger partial charge in [-0.1, -0.05) is 64.8 Å². The first kappa shape index (κ1) is 16.3. The Morgan fingerprint density at radius 2 is 1.86 bits per heavy atom. The number of likely N-dealkylation sites (N-methyl/N-ethyl adjacent to an activating group) is 1. The zero-order valence-electron chi connectivity index (χ0n) is 13.1. The van der Waals surface area contributed by atoms with E-state index in [1.54, 1.807) is 0 Å². The summed E-state index contributed by atoms with van der Waals surface area (Å²) in [6.45, 7) is 8.55. The van der Waals surface area contributed by atoms with Crippen LogP contribution >= 0.6 is 15.9 Å². The maximum atomic E-state index is 3.71. The van der Waals surface area contributed by atoms with E-state index in [9.17, 15) is 0 Å². The molecule has 1 atom stereocenters. The maximum Gasteiger partial charge on any atom is 0.0210 e. The summed E-state index contributed by atoms with van der Waals surface area (Å²) < 4.78 is 1.21. The van der Waals surface area contributed by atoms with Gasteiger partial charge in [0, 0.05) is 16.9 Å².